The fourth-order valence-corrected chi connectivity index (χ4v) is 2.86. The first-order chi connectivity index (χ1) is 7.88. The Morgan fingerprint density at radius 1 is 1.35 bits per heavy atom. The minimum Gasteiger partial charge on any atom is -0.398 e. The minimum atomic E-state index is -3.52. The Bertz CT molecular complexity index is 498. The van der Waals surface area contributed by atoms with Crippen molar-refractivity contribution < 1.29 is 13.2 Å². The van der Waals surface area contributed by atoms with Gasteiger partial charge in [-0.3, -0.25) is 0 Å². The molecule has 0 aliphatic rings. The fourth-order valence-electron chi connectivity index (χ4n) is 1.49. The molecule has 5 nitrogen and oxygen atoms in total. The van der Waals surface area contributed by atoms with Crippen molar-refractivity contribution in [3.8, 4) is 0 Å². The van der Waals surface area contributed by atoms with E-state index < -0.39 is 10.0 Å². The molecule has 0 aromatic heterocycles. The normalized spacial score (nSPS) is 11.7. The first-order valence-electron chi connectivity index (χ1n) is 5.24. The third kappa shape index (κ3) is 3.42. The summed E-state index contributed by atoms with van der Waals surface area (Å²) in [6, 6.07) is 3.37. The van der Waals surface area contributed by atoms with E-state index >= 15 is 0 Å². The highest BCUT2D eigenvalue weighted by molar-refractivity contribution is 7.89. The average molecular weight is 258 g/mol. The van der Waals surface area contributed by atoms with Crippen LogP contribution in [-0.2, 0) is 14.8 Å². The van der Waals surface area contributed by atoms with Gasteiger partial charge in [-0.15, -0.1) is 0 Å². The average Bonchev–Trinajstić information content (AvgIpc) is 2.23. The first-order valence-corrected chi connectivity index (χ1v) is 6.72. The summed E-state index contributed by atoms with van der Waals surface area (Å²) < 4.78 is 31.3. The van der Waals surface area contributed by atoms with E-state index in [-0.39, 0.29) is 11.4 Å². The zero-order valence-electron chi connectivity index (χ0n) is 10.3. The molecule has 0 saturated heterocycles. The lowest BCUT2D eigenvalue weighted by atomic mass is 10.1. The lowest BCUT2D eigenvalue weighted by molar-refractivity contribution is 0.204. The SMILES string of the molecule is COCCNS(=O)(=O)c1cc(C)cc(N)c1C. The molecule has 0 bridgehead atoms. The lowest BCUT2D eigenvalue weighted by Gasteiger charge is -2.11. The summed E-state index contributed by atoms with van der Waals surface area (Å²) in [5.74, 6) is 0. The van der Waals surface area contributed by atoms with E-state index in [1.165, 1.54) is 7.11 Å². The zero-order valence-corrected chi connectivity index (χ0v) is 11.1. The molecular formula is C11H18N2O3S. The van der Waals surface area contributed by atoms with E-state index in [0.717, 1.165) is 5.56 Å². The van der Waals surface area contributed by atoms with Crippen molar-refractivity contribution in [2.24, 2.45) is 0 Å². The Hall–Kier alpha value is -1.11. The Labute approximate surface area is 102 Å². The molecule has 0 fully saturated rings. The molecule has 0 amide bonds. The highest BCUT2D eigenvalue weighted by atomic mass is 32.2. The van der Waals surface area contributed by atoms with E-state index in [1.807, 2.05) is 6.92 Å². The number of hydrogen-bond acceptors (Lipinski definition) is 4. The van der Waals surface area contributed by atoms with Gasteiger partial charge in [-0.1, -0.05) is 0 Å². The van der Waals surface area contributed by atoms with Crippen molar-refractivity contribution >= 4 is 15.7 Å². The van der Waals surface area contributed by atoms with Gasteiger partial charge in [0.25, 0.3) is 0 Å². The molecular weight excluding hydrogens is 240 g/mol. The number of sulfonamides is 1. The number of aryl methyl sites for hydroxylation is 1. The second-order valence-corrected chi connectivity index (χ2v) is 5.60. The van der Waals surface area contributed by atoms with E-state index in [4.69, 9.17) is 10.5 Å². The second kappa shape index (κ2) is 5.48. The largest absolute Gasteiger partial charge is 0.398 e. The van der Waals surface area contributed by atoms with Crippen LogP contribution in [0.5, 0.6) is 0 Å². The molecule has 1 aromatic rings. The molecule has 0 radical (unpaired) electrons. The van der Waals surface area contributed by atoms with Gasteiger partial charge < -0.3 is 10.5 Å². The van der Waals surface area contributed by atoms with E-state index in [2.05, 4.69) is 4.72 Å². The molecule has 1 aromatic carbocycles. The summed E-state index contributed by atoms with van der Waals surface area (Å²) in [6.07, 6.45) is 0. The molecule has 0 atom stereocenters. The number of nitrogens with two attached hydrogens (primary N) is 1. The van der Waals surface area contributed by atoms with Gasteiger partial charge in [0.2, 0.25) is 10.0 Å². The van der Waals surface area contributed by atoms with Gasteiger partial charge in [0, 0.05) is 19.3 Å². The van der Waals surface area contributed by atoms with Crippen LogP contribution in [0.1, 0.15) is 11.1 Å². The van der Waals surface area contributed by atoms with Gasteiger partial charge in [-0.25, -0.2) is 13.1 Å². The predicted octanol–water partition coefficient (Wildman–Crippen LogP) is 0.810. The maximum atomic E-state index is 12.0. The van der Waals surface area contributed by atoms with Crippen molar-refractivity contribution in [3.05, 3.63) is 23.3 Å². The number of nitrogen functional groups attached to an aromatic ring is 1. The van der Waals surface area contributed by atoms with Gasteiger partial charge in [-0.05, 0) is 37.1 Å². The quantitative estimate of drug-likeness (QED) is 0.605. The third-order valence-electron chi connectivity index (χ3n) is 2.43. The molecule has 96 valence electrons. The van der Waals surface area contributed by atoms with Crippen LogP contribution in [0.3, 0.4) is 0 Å². The van der Waals surface area contributed by atoms with Gasteiger partial charge in [-0.2, -0.15) is 0 Å². The molecule has 1 rings (SSSR count). The molecule has 0 saturated carbocycles. The highest BCUT2D eigenvalue weighted by Crippen LogP contribution is 2.22. The number of rotatable bonds is 5. The highest BCUT2D eigenvalue weighted by Gasteiger charge is 2.17. The first kappa shape index (κ1) is 14.0. The summed E-state index contributed by atoms with van der Waals surface area (Å²) in [4.78, 5) is 0.228. The van der Waals surface area contributed by atoms with Crippen LogP contribution in [0.15, 0.2) is 17.0 Å². The molecule has 0 spiro atoms. The second-order valence-electron chi connectivity index (χ2n) is 3.87. The summed E-state index contributed by atoms with van der Waals surface area (Å²) >= 11 is 0. The van der Waals surface area contributed by atoms with Crippen molar-refractivity contribution in [3.63, 3.8) is 0 Å². The maximum Gasteiger partial charge on any atom is 0.240 e. The molecule has 3 N–H and O–H groups in total. The Morgan fingerprint density at radius 3 is 2.59 bits per heavy atom. The molecule has 6 heteroatoms. The third-order valence-corrected chi connectivity index (χ3v) is 4.02. The summed E-state index contributed by atoms with van der Waals surface area (Å²) in [5, 5.41) is 0. The standard InChI is InChI=1S/C11H18N2O3S/c1-8-6-10(12)9(2)11(7-8)17(14,15)13-4-5-16-3/h6-7,13H,4-5,12H2,1-3H3. The number of methoxy groups -OCH3 is 1. The minimum absolute atomic E-state index is 0.228. The van der Waals surface area contributed by atoms with Crippen LogP contribution in [0, 0.1) is 13.8 Å². The van der Waals surface area contributed by atoms with Crippen LogP contribution < -0.4 is 10.5 Å². The number of anilines is 1. The van der Waals surface area contributed by atoms with Gasteiger partial charge in [0.05, 0.1) is 11.5 Å². The van der Waals surface area contributed by atoms with Gasteiger partial charge in [0.1, 0.15) is 0 Å². The van der Waals surface area contributed by atoms with Crippen LogP contribution in [0.2, 0.25) is 0 Å². The molecule has 0 unspecified atom stereocenters. The Morgan fingerprint density at radius 2 is 2.00 bits per heavy atom. The van der Waals surface area contributed by atoms with Crippen molar-refractivity contribution in [2.45, 2.75) is 18.7 Å². The molecule has 0 aliphatic carbocycles. The fraction of sp³-hybridized carbons (Fsp3) is 0.455. The van der Waals surface area contributed by atoms with Crippen molar-refractivity contribution in [1.82, 2.24) is 4.72 Å². The van der Waals surface area contributed by atoms with Gasteiger partial charge in [0.15, 0.2) is 0 Å². The lowest BCUT2D eigenvalue weighted by Crippen LogP contribution is -2.28. The molecule has 0 heterocycles. The Kier molecular flexibility index (Phi) is 4.50. The topological polar surface area (TPSA) is 81.4 Å². The number of hydrogen-bond donors (Lipinski definition) is 2. The van der Waals surface area contributed by atoms with Crippen LogP contribution in [-0.4, -0.2) is 28.7 Å². The maximum absolute atomic E-state index is 12.0. The summed E-state index contributed by atoms with van der Waals surface area (Å²) in [6.45, 7) is 4.08. The predicted molar refractivity (Wildman–Crippen MR) is 67.4 cm³/mol. The summed E-state index contributed by atoms with van der Waals surface area (Å²) in [7, 11) is -2.00. The number of ether oxygens (including phenoxy) is 1. The molecule has 0 aliphatic heterocycles. The van der Waals surface area contributed by atoms with Crippen molar-refractivity contribution in [1.29, 1.82) is 0 Å². The van der Waals surface area contributed by atoms with Gasteiger partial charge >= 0.3 is 0 Å². The monoisotopic (exact) mass is 258 g/mol. The number of nitrogens with one attached hydrogen (secondary N) is 1. The van der Waals surface area contributed by atoms with Crippen LogP contribution in [0.25, 0.3) is 0 Å². The van der Waals surface area contributed by atoms with E-state index in [0.29, 0.717) is 17.9 Å². The van der Waals surface area contributed by atoms with Crippen LogP contribution >= 0.6 is 0 Å². The zero-order chi connectivity index (χ0) is 13.1. The van der Waals surface area contributed by atoms with Crippen molar-refractivity contribution in [2.75, 3.05) is 26.0 Å². The summed E-state index contributed by atoms with van der Waals surface area (Å²) in [5.41, 5.74) is 7.63. The van der Waals surface area contributed by atoms with Crippen LogP contribution in [0.4, 0.5) is 5.69 Å². The Balaban J connectivity index is 3.06. The number of benzene rings is 1. The van der Waals surface area contributed by atoms with E-state index in [9.17, 15) is 8.42 Å². The van der Waals surface area contributed by atoms with E-state index in [1.54, 1.807) is 19.1 Å². The smallest absolute Gasteiger partial charge is 0.240 e. The molecule has 17 heavy (non-hydrogen) atoms.